The van der Waals surface area contributed by atoms with Gasteiger partial charge in [-0.05, 0) is 18.6 Å². The van der Waals surface area contributed by atoms with Gasteiger partial charge in [-0.2, -0.15) is 18.2 Å². The molecule has 1 heterocycles. The molecule has 0 spiro atoms. The third-order valence-corrected chi connectivity index (χ3v) is 2.86. The lowest BCUT2D eigenvalue weighted by Gasteiger charge is -2.22. The minimum atomic E-state index is -4.78. The zero-order chi connectivity index (χ0) is 15.8. The first kappa shape index (κ1) is 15.4. The van der Waals surface area contributed by atoms with E-state index in [1.165, 1.54) is 0 Å². The van der Waals surface area contributed by atoms with Gasteiger partial charge in [0.2, 0.25) is 0 Å². The molecule has 114 valence electrons. The zero-order valence-corrected chi connectivity index (χ0v) is 10.7. The summed E-state index contributed by atoms with van der Waals surface area (Å²) >= 11 is 0. The largest absolute Gasteiger partial charge is 0.415 e. The van der Waals surface area contributed by atoms with Crippen molar-refractivity contribution in [2.75, 3.05) is 0 Å². The van der Waals surface area contributed by atoms with Crippen molar-refractivity contribution in [1.29, 1.82) is 0 Å². The van der Waals surface area contributed by atoms with Gasteiger partial charge in [-0.3, -0.25) is 0 Å². The summed E-state index contributed by atoms with van der Waals surface area (Å²) in [6.45, 7) is 0.683. The normalized spacial score (nSPS) is 15.0. The number of hydrogen-bond acceptors (Lipinski definition) is 4. The van der Waals surface area contributed by atoms with Gasteiger partial charge in [0.15, 0.2) is 11.4 Å². The van der Waals surface area contributed by atoms with E-state index in [9.17, 15) is 22.0 Å². The molecule has 4 nitrogen and oxygen atoms in total. The van der Waals surface area contributed by atoms with Crippen LogP contribution in [-0.2, 0) is 12.0 Å². The highest BCUT2D eigenvalue weighted by Gasteiger charge is 2.53. The highest BCUT2D eigenvalue weighted by molar-refractivity contribution is 5.22. The van der Waals surface area contributed by atoms with E-state index in [4.69, 9.17) is 5.73 Å². The molecule has 1 unspecified atom stereocenters. The number of nitrogens with two attached hydrogens (primary N) is 1. The molecule has 0 saturated heterocycles. The van der Waals surface area contributed by atoms with Crippen LogP contribution in [0.2, 0.25) is 0 Å². The van der Waals surface area contributed by atoms with Crippen LogP contribution in [0.25, 0.3) is 0 Å². The Hall–Kier alpha value is -2.03. The van der Waals surface area contributed by atoms with Crippen LogP contribution in [0, 0.1) is 11.6 Å². The summed E-state index contributed by atoms with van der Waals surface area (Å²) in [4.78, 5) is 3.52. The molecule has 0 aliphatic heterocycles. The fraction of sp³-hybridized carbons (Fsp3) is 0.333. The van der Waals surface area contributed by atoms with Crippen molar-refractivity contribution >= 4 is 0 Å². The third kappa shape index (κ3) is 3.02. The van der Waals surface area contributed by atoms with Gasteiger partial charge >= 0.3 is 6.18 Å². The van der Waals surface area contributed by atoms with E-state index < -0.39 is 29.2 Å². The summed E-state index contributed by atoms with van der Waals surface area (Å²) in [5.41, 5.74) is 2.34. The fourth-order valence-electron chi connectivity index (χ4n) is 1.49. The first-order valence-corrected chi connectivity index (χ1v) is 5.74. The summed E-state index contributed by atoms with van der Waals surface area (Å²) in [7, 11) is 0. The van der Waals surface area contributed by atoms with Gasteiger partial charge in [0.25, 0.3) is 5.89 Å². The predicted octanol–water partition coefficient (Wildman–Crippen LogP) is 2.67. The van der Waals surface area contributed by atoms with Crippen LogP contribution in [0.3, 0.4) is 0 Å². The molecule has 0 fully saturated rings. The fourth-order valence-corrected chi connectivity index (χ4v) is 1.49. The molecule has 0 radical (unpaired) electrons. The summed E-state index contributed by atoms with van der Waals surface area (Å²) in [5.74, 6) is -2.63. The Kier molecular flexibility index (Phi) is 3.70. The summed E-state index contributed by atoms with van der Waals surface area (Å²) < 4.78 is 68.8. The van der Waals surface area contributed by atoms with Crippen molar-refractivity contribution in [1.82, 2.24) is 10.1 Å². The van der Waals surface area contributed by atoms with Crippen LogP contribution in [-0.4, -0.2) is 16.3 Å². The maximum absolute atomic E-state index is 13.4. The van der Waals surface area contributed by atoms with Crippen molar-refractivity contribution in [3.05, 3.63) is 47.1 Å². The topological polar surface area (TPSA) is 64.9 Å². The number of rotatable bonds is 3. The zero-order valence-electron chi connectivity index (χ0n) is 10.7. The summed E-state index contributed by atoms with van der Waals surface area (Å²) in [6, 6.07) is 2.81. The Balaban J connectivity index is 2.25. The monoisotopic (exact) mass is 307 g/mol. The van der Waals surface area contributed by atoms with Gasteiger partial charge in [-0.15, -0.1) is 0 Å². The maximum atomic E-state index is 13.4. The number of halogens is 5. The van der Waals surface area contributed by atoms with Gasteiger partial charge in [0.05, 0.1) is 0 Å². The van der Waals surface area contributed by atoms with Crippen molar-refractivity contribution in [2.24, 2.45) is 5.73 Å². The van der Waals surface area contributed by atoms with Crippen molar-refractivity contribution in [3.63, 3.8) is 0 Å². The Bertz CT molecular complexity index is 651. The molecular weight excluding hydrogens is 297 g/mol. The van der Waals surface area contributed by atoms with E-state index in [2.05, 4.69) is 14.7 Å². The second-order valence-electron chi connectivity index (χ2n) is 4.63. The predicted molar refractivity (Wildman–Crippen MR) is 61.1 cm³/mol. The minimum absolute atomic E-state index is 0.0227. The average Bonchev–Trinajstić information content (AvgIpc) is 2.80. The van der Waals surface area contributed by atoms with Gasteiger partial charge in [0.1, 0.15) is 11.6 Å². The maximum Gasteiger partial charge on any atom is 0.415 e. The Morgan fingerprint density at radius 3 is 2.48 bits per heavy atom. The summed E-state index contributed by atoms with van der Waals surface area (Å²) in [6.07, 6.45) is -5.03. The highest BCUT2D eigenvalue weighted by Crippen LogP contribution is 2.35. The lowest BCUT2D eigenvalue weighted by atomic mass is 10.0. The van der Waals surface area contributed by atoms with Gasteiger partial charge in [0, 0.05) is 12.5 Å². The molecule has 0 aliphatic rings. The molecule has 2 N–H and O–H groups in total. The van der Waals surface area contributed by atoms with E-state index in [0.29, 0.717) is 13.0 Å². The first-order valence-electron chi connectivity index (χ1n) is 5.74. The molecular formula is C12H10F5N3O. The second kappa shape index (κ2) is 5.06. The van der Waals surface area contributed by atoms with Crippen molar-refractivity contribution in [3.8, 4) is 0 Å². The van der Waals surface area contributed by atoms with Crippen LogP contribution in [0.5, 0.6) is 0 Å². The molecule has 0 amide bonds. The van der Waals surface area contributed by atoms with Gasteiger partial charge < -0.3 is 10.3 Å². The number of alkyl halides is 3. The quantitative estimate of drug-likeness (QED) is 0.885. The van der Waals surface area contributed by atoms with Crippen LogP contribution < -0.4 is 5.73 Å². The van der Waals surface area contributed by atoms with E-state index in [0.717, 1.165) is 12.1 Å². The van der Waals surface area contributed by atoms with Crippen molar-refractivity contribution < 1.29 is 26.5 Å². The van der Waals surface area contributed by atoms with Crippen molar-refractivity contribution in [2.45, 2.75) is 25.1 Å². The smallest absolute Gasteiger partial charge is 0.337 e. The molecule has 1 aromatic carbocycles. The molecule has 0 bridgehead atoms. The number of hydrogen-bond donors (Lipinski definition) is 1. The number of aromatic nitrogens is 2. The van der Waals surface area contributed by atoms with Gasteiger partial charge in [-0.25, -0.2) is 8.78 Å². The Labute approximate surface area is 115 Å². The lowest BCUT2D eigenvalue weighted by molar-refractivity contribution is -0.190. The van der Waals surface area contributed by atoms with Crippen LogP contribution in [0.4, 0.5) is 22.0 Å². The molecule has 9 heteroatoms. The van der Waals surface area contributed by atoms with E-state index in [-0.39, 0.29) is 17.8 Å². The molecule has 1 aromatic heterocycles. The lowest BCUT2D eigenvalue weighted by Crippen LogP contribution is -2.48. The van der Waals surface area contributed by atoms with E-state index in [1.54, 1.807) is 0 Å². The molecule has 2 aromatic rings. The Morgan fingerprint density at radius 2 is 1.90 bits per heavy atom. The van der Waals surface area contributed by atoms with E-state index >= 15 is 0 Å². The highest BCUT2D eigenvalue weighted by atomic mass is 19.4. The third-order valence-electron chi connectivity index (χ3n) is 2.86. The number of nitrogens with zero attached hydrogens (tertiary/aromatic N) is 2. The average molecular weight is 307 g/mol. The molecule has 0 saturated carbocycles. The molecule has 0 aliphatic carbocycles. The molecule has 1 atom stereocenters. The minimum Gasteiger partial charge on any atom is -0.337 e. The SMILES string of the molecule is CC(N)(c1nc(Cc2ccc(F)cc2F)no1)C(F)(F)F. The standard InChI is InChI=1S/C12H10F5N3O/c1-11(18,12(15,16)17)10-19-9(20-21-10)4-6-2-3-7(13)5-8(6)14/h2-3,5H,4,18H2,1H3. The van der Waals surface area contributed by atoms with E-state index in [1.807, 2.05) is 0 Å². The Morgan fingerprint density at radius 1 is 1.24 bits per heavy atom. The molecule has 2 rings (SSSR count). The van der Waals surface area contributed by atoms with Crippen LogP contribution in [0.15, 0.2) is 22.7 Å². The number of benzene rings is 1. The van der Waals surface area contributed by atoms with Gasteiger partial charge in [-0.1, -0.05) is 11.2 Å². The summed E-state index contributed by atoms with van der Waals surface area (Å²) in [5, 5.41) is 3.33. The molecule has 21 heavy (non-hydrogen) atoms. The first-order chi connectivity index (χ1) is 9.61. The van der Waals surface area contributed by atoms with Crippen LogP contribution >= 0.6 is 0 Å². The van der Waals surface area contributed by atoms with Crippen LogP contribution in [0.1, 0.15) is 24.2 Å². The second-order valence-corrected chi connectivity index (χ2v) is 4.63.